The molecule has 0 saturated carbocycles. The molecule has 0 unspecified atom stereocenters. The van der Waals surface area contributed by atoms with E-state index < -0.39 is 0 Å². The molecule has 0 N–H and O–H groups in total. The van der Waals surface area contributed by atoms with Crippen molar-refractivity contribution in [1.82, 2.24) is 0 Å². The van der Waals surface area contributed by atoms with Crippen LogP contribution in [0, 0.1) is 0 Å². The molecule has 0 nitrogen and oxygen atoms in total. The molecule has 138 valence electrons. The summed E-state index contributed by atoms with van der Waals surface area (Å²) in [4.78, 5) is 2.61. The topological polar surface area (TPSA) is 0 Å². The van der Waals surface area contributed by atoms with Crippen LogP contribution in [-0.4, -0.2) is 0 Å². The molecule has 0 bridgehead atoms. The first-order valence-electron chi connectivity index (χ1n) is 9.79. The van der Waals surface area contributed by atoms with Crippen molar-refractivity contribution in [2.75, 3.05) is 0 Å². The lowest BCUT2D eigenvalue weighted by Crippen LogP contribution is -1.81. The van der Waals surface area contributed by atoms with Gasteiger partial charge in [-0.05, 0) is 33.9 Å². The quantitative estimate of drug-likeness (QED) is 0.290. The van der Waals surface area contributed by atoms with Crippen molar-refractivity contribution < 1.29 is 0 Å². The fourth-order valence-electron chi connectivity index (χ4n) is 3.63. The number of hydrogen-bond acceptors (Lipinski definition) is 1. The lowest BCUT2D eigenvalue weighted by Gasteiger charge is -2.06. The predicted molar refractivity (Wildman–Crippen MR) is 126 cm³/mol. The third kappa shape index (κ3) is 3.65. The third-order valence-corrected chi connectivity index (χ3v) is 6.36. The van der Waals surface area contributed by atoms with Gasteiger partial charge >= 0.3 is 0 Å². The molecule has 0 aliphatic rings. The van der Waals surface area contributed by atoms with E-state index >= 15 is 0 Å². The maximum atomic E-state index is 2.33. The Balaban J connectivity index is 1.61. The molecular formula is C28H20S. The molecule has 0 saturated heterocycles. The average Bonchev–Trinajstić information content (AvgIpc) is 3.27. The van der Waals surface area contributed by atoms with Crippen LogP contribution >= 0.6 is 11.3 Å². The van der Waals surface area contributed by atoms with E-state index in [0.29, 0.717) is 0 Å². The van der Waals surface area contributed by atoms with E-state index in [1.54, 1.807) is 0 Å². The van der Waals surface area contributed by atoms with Crippen LogP contribution in [-0.2, 0) is 0 Å². The average molecular weight is 389 g/mol. The van der Waals surface area contributed by atoms with Crippen LogP contribution in [0.3, 0.4) is 0 Å². The predicted octanol–water partition coefficient (Wildman–Crippen LogP) is 8.42. The molecule has 5 aromatic rings. The van der Waals surface area contributed by atoms with Crippen molar-refractivity contribution in [2.24, 2.45) is 0 Å². The van der Waals surface area contributed by atoms with Crippen LogP contribution in [0.25, 0.3) is 43.1 Å². The van der Waals surface area contributed by atoms with Gasteiger partial charge in [0, 0.05) is 15.3 Å². The number of rotatable bonds is 4. The summed E-state index contributed by atoms with van der Waals surface area (Å²) in [5, 5.41) is 0. The molecule has 0 amide bonds. The third-order valence-electron chi connectivity index (χ3n) is 5.13. The van der Waals surface area contributed by atoms with Crippen LogP contribution in [0.5, 0.6) is 0 Å². The van der Waals surface area contributed by atoms with Crippen LogP contribution in [0.2, 0.25) is 0 Å². The van der Waals surface area contributed by atoms with Crippen molar-refractivity contribution in [3.8, 4) is 43.1 Å². The molecule has 0 aliphatic heterocycles. The Bertz CT molecular complexity index is 1200. The van der Waals surface area contributed by atoms with Gasteiger partial charge in [-0.15, -0.1) is 11.3 Å². The smallest absolute Gasteiger partial charge is 0.0427 e. The summed E-state index contributed by atoms with van der Waals surface area (Å²) in [5.74, 6) is 0. The molecule has 1 aromatic heterocycles. The van der Waals surface area contributed by atoms with Gasteiger partial charge in [-0.3, -0.25) is 0 Å². The molecule has 0 atom stereocenters. The Morgan fingerprint density at radius 2 is 0.828 bits per heavy atom. The minimum Gasteiger partial charge on any atom is -0.135 e. The van der Waals surface area contributed by atoms with E-state index in [1.165, 1.54) is 43.1 Å². The first-order valence-corrected chi connectivity index (χ1v) is 10.6. The first-order chi connectivity index (χ1) is 14.4. The molecular weight excluding hydrogens is 368 g/mol. The van der Waals surface area contributed by atoms with Crippen molar-refractivity contribution in [3.63, 3.8) is 0 Å². The van der Waals surface area contributed by atoms with Gasteiger partial charge in [-0.25, -0.2) is 0 Å². The molecule has 0 spiro atoms. The Kier molecular flexibility index (Phi) is 4.81. The maximum Gasteiger partial charge on any atom is 0.0427 e. The summed E-state index contributed by atoms with van der Waals surface area (Å²) in [6.07, 6.45) is 0. The Hall–Kier alpha value is -3.42. The highest BCUT2D eigenvalue weighted by molar-refractivity contribution is 7.19. The molecule has 0 radical (unpaired) electrons. The van der Waals surface area contributed by atoms with Crippen molar-refractivity contribution >= 4 is 11.3 Å². The summed E-state index contributed by atoms with van der Waals surface area (Å²) in [6, 6.07) is 43.1. The zero-order valence-electron chi connectivity index (χ0n) is 16.0. The van der Waals surface area contributed by atoms with Crippen molar-refractivity contribution in [3.05, 3.63) is 121 Å². The van der Waals surface area contributed by atoms with Gasteiger partial charge in [-0.1, -0.05) is 115 Å². The van der Waals surface area contributed by atoms with E-state index in [0.717, 1.165) is 0 Å². The standard InChI is InChI=1S/C28H20S/c1-4-10-21(11-5-1)22-16-18-23(19-17-22)26-20-27(24-12-6-2-7-13-24)29-28(26)25-14-8-3-9-15-25/h1-20H. The molecule has 5 rings (SSSR count). The summed E-state index contributed by atoms with van der Waals surface area (Å²) in [6.45, 7) is 0. The van der Waals surface area contributed by atoms with Crippen LogP contribution in [0.4, 0.5) is 0 Å². The van der Waals surface area contributed by atoms with Crippen LogP contribution in [0.15, 0.2) is 121 Å². The van der Waals surface area contributed by atoms with E-state index in [4.69, 9.17) is 0 Å². The summed E-state index contributed by atoms with van der Waals surface area (Å²) < 4.78 is 0. The van der Waals surface area contributed by atoms with Crippen molar-refractivity contribution in [2.45, 2.75) is 0 Å². The van der Waals surface area contributed by atoms with Crippen molar-refractivity contribution in [1.29, 1.82) is 0 Å². The molecule has 4 aromatic carbocycles. The second-order valence-corrected chi connectivity index (χ2v) is 8.08. The monoisotopic (exact) mass is 388 g/mol. The zero-order chi connectivity index (χ0) is 19.5. The Morgan fingerprint density at radius 1 is 0.379 bits per heavy atom. The molecule has 0 fully saturated rings. The molecule has 1 heteroatoms. The van der Waals surface area contributed by atoms with Gasteiger partial charge in [0.25, 0.3) is 0 Å². The highest BCUT2D eigenvalue weighted by Gasteiger charge is 2.14. The number of hydrogen-bond donors (Lipinski definition) is 0. The lowest BCUT2D eigenvalue weighted by molar-refractivity contribution is 1.60. The van der Waals surface area contributed by atoms with E-state index in [-0.39, 0.29) is 0 Å². The second kappa shape index (κ2) is 7.90. The van der Waals surface area contributed by atoms with Gasteiger partial charge in [0.2, 0.25) is 0 Å². The highest BCUT2D eigenvalue weighted by Crippen LogP contribution is 2.43. The minimum atomic E-state index is 1.24. The summed E-state index contributed by atoms with van der Waals surface area (Å²) >= 11 is 1.86. The van der Waals surface area contributed by atoms with Gasteiger partial charge in [0.1, 0.15) is 0 Å². The Labute approximate surface area is 175 Å². The van der Waals surface area contributed by atoms with Crippen LogP contribution < -0.4 is 0 Å². The Morgan fingerprint density at radius 3 is 1.41 bits per heavy atom. The van der Waals surface area contributed by atoms with Gasteiger partial charge in [0.05, 0.1) is 0 Å². The molecule has 29 heavy (non-hydrogen) atoms. The fraction of sp³-hybridized carbons (Fsp3) is 0. The summed E-state index contributed by atoms with van der Waals surface area (Å²) in [7, 11) is 0. The fourth-order valence-corrected chi connectivity index (χ4v) is 4.82. The second-order valence-electron chi connectivity index (χ2n) is 7.03. The largest absolute Gasteiger partial charge is 0.135 e. The van der Waals surface area contributed by atoms with E-state index in [9.17, 15) is 0 Å². The normalized spacial score (nSPS) is 10.8. The summed E-state index contributed by atoms with van der Waals surface area (Å²) in [5.41, 5.74) is 7.57. The van der Waals surface area contributed by atoms with Gasteiger partial charge in [0.15, 0.2) is 0 Å². The van der Waals surface area contributed by atoms with Gasteiger partial charge in [-0.2, -0.15) is 0 Å². The van der Waals surface area contributed by atoms with E-state index in [2.05, 4.69) is 121 Å². The highest BCUT2D eigenvalue weighted by atomic mass is 32.1. The lowest BCUT2D eigenvalue weighted by atomic mass is 9.98. The number of benzene rings is 4. The SMILES string of the molecule is c1ccc(-c2ccc(-c3cc(-c4ccccc4)sc3-c3ccccc3)cc2)cc1. The van der Waals surface area contributed by atoms with Crippen LogP contribution in [0.1, 0.15) is 0 Å². The zero-order valence-corrected chi connectivity index (χ0v) is 16.8. The maximum absolute atomic E-state index is 2.33. The number of thiophene rings is 1. The van der Waals surface area contributed by atoms with E-state index in [1.807, 2.05) is 11.3 Å². The first kappa shape index (κ1) is 17.7. The minimum absolute atomic E-state index is 1.24. The van der Waals surface area contributed by atoms with Gasteiger partial charge < -0.3 is 0 Å². The molecule has 1 heterocycles. The molecule has 0 aliphatic carbocycles.